The van der Waals surface area contributed by atoms with Crippen molar-refractivity contribution in [2.75, 3.05) is 25.1 Å². The standard InChI is InChI=1S/C20H14ClN3O7S/c21-13-3-1-11(7-14(13)24(28)29)8-17-19(26)23(20(27)32-17)10-18(25)22-12-2-4-15-16(9-12)31-6-5-30-15/h1-4,7-9H,5-6,10H2,(H,22,25)/b17-8-. The molecular formula is C20H14ClN3O7S. The van der Waals surface area contributed by atoms with Crippen LogP contribution in [0.25, 0.3) is 6.08 Å². The van der Waals surface area contributed by atoms with E-state index in [2.05, 4.69) is 5.32 Å². The topological polar surface area (TPSA) is 128 Å². The van der Waals surface area contributed by atoms with E-state index in [9.17, 15) is 24.5 Å². The lowest BCUT2D eigenvalue weighted by atomic mass is 10.2. The average Bonchev–Trinajstić information content (AvgIpc) is 3.02. The molecule has 4 rings (SSSR count). The maximum atomic E-state index is 12.6. The average molecular weight is 476 g/mol. The molecule has 2 aromatic rings. The third-order valence-corrected chi connectivity index (χ3v) is 5.69. The number of nitro benzene ring substituents is 1. The zero-order chi connectivity index (χ0) is 22.8. The SMILES string of the molecule is O=C(CN1C(=O)S/C(=C\c2ccc(Cl)c([N+](=O)[O-])c2)C1=O)Nc1ccc2c(c1)OCCO2. The van der Waals surface area contributed by atoms with E-state index >= 15 is 0 Å². The van der Waals surface area contributed by atoms with Crippen LogP contribution in [0.5, 0.6) is 11.5 Å². The Balaban J connectivity index is 1.45. The molecule has 0 spiro atoms. The molecule has 0 saturated carbocycles. The molecule has 0 bridgehead atoms. The van der Waals surface area contributed by atoms with Crippen LogP contribution in [0, 0.1) is 10.1 Å². The Kier molecular flexibility index (Phi) is 6.01. The van der Waals surface area contributed by atoms with Crippen molar-refractivity contribution in [1.82, 2.24) is 4.90 Å². The van der Waals surface area contributed by atoms with Gasteiger partial charge in [0.05, 0.1) is 9.83 Å². The summed E-state index contributed by atoms with van der Waals surface area (Å²) in [5.74, 6) is -0.199. The van der Waals surface area contributed by atoms with E-state index in [0.717, 1.165) is 4.90 Å². The summed E-state index contributed by atoms with van der Waals surface area (Å²) < 4.78 is 10.9. The number of fused-ring (bicyclic) bond motifs is 1. The van der Waals surface area contributed by atoms with E-state index in [1.165, 1.54) is 24.3 Å². The van der Waals surface area contributed by atoms with E-state index in [1.807, 2.05) is 0 Å². The molecule has 164 valence electrons. The highest BCUT2D eigenvalue weighted by Gasteiger charge is 2.36. The van der Waals surface area contributed by atoms with Crippen molar-refractivity contribution in [3.8, 4) is 11.5 Å². The van der Waals surface area contributed by atoms with Crippen LogP contribution in [0.3, 0.4) is 0 Å². The van der Waals surface area contributed by atoms with E-state index in [0.29, 0.717) is 47.7 Å². The monoisotopic (exact) mass is 475 g/mol. The van der Waals surface area contributed by atoms with Crippen LogP contribution in [0.4, 0.5) is 16.2 Å². The maximum absolute atomic E-state index is 12.6. The van der Waals surface area contributed by atoms with E-state index < -0.39 is 28.5 Å². The summed E-state index contributed by atoms with van der Waals surface area (Å²) >= 11 is 6.43. The molecule has 2 heterocycles. The number of carbonyl (C=O) groups excluding carboxylic acids is 3. The summed E-state index contributed by atoms with van der Waals surface area (Å²) in [6, 6.07) is 8.87. The first-order valence-corrected chi connectivity index (χ1v) is 10.4. The highest BCUT2D eigenvalue weighted by atomic mass is 35.5. The fraction of sp³-hybridized carbons (Fsp3) is 0.150. The normalized spacial score (nSPS) is 16.4. The lowest BCUT2D eigenvalue weighted by Crippen LogP contribution is -2.36. The lowest BCUT2D eigenvalue weighted by molar-refractivity contribution is -0.384. The molecule has 2 aromatic carbocycles. The van der Waals surface area contributed by atoms with Gasteiger partial charge in [0.2, 0.25) is 5.91 Å². The van der Waals surface area contributed by atoms with Gasteiger partial charge < -0.3 is 14.8 Å². The number of hydrogen-bond donors (Lipinski definition) is 1. The zero-order valence-electron chi connectivity index (χ0n) is 16.2. The van der Waals surface area contributed by atoms with Gasteiger partial charge in [0, 0.05) is 17.8 Å². The summed E-state index contributed by atoms with van der Waals surface area (Å²) in [5.41, 5.74) is 0.431. The van der Waals surface area contributed by atoms with Crippen LogP contribution < -0.4 is 14.8 Å². The molecular weight excluding hydrogens is 462 g/mol. The number of halogens is 1. The number of imide groups is 1. The van der Waals surface area contributed by atoms with Crippen LogP contribution in [0.1, 0.15) is 5.56 Å². The Morgan fingerprint density at radius 3 is 2.69 bits per heavy atom. The smallest absolute Gasteiger partial charge is 0.294 e. The number of benzene rings is 2. The Hall–Kier alpha value is -3.57. The Morgan fingerprint density at radius 2 is 1.94 bits per heavy atom. The highest BCUT2D eigenvalue weighted by molar-refractivity contribution is 8.18. The molecule has 0 aromatic heterocycles. The van der Waals surface area contributed by atoms with Crippen LogP contribution in [-0.2, 0) is 9.59 Å². The number of rotatable bonds is 5. The zero-order valence-corrected chi connectivity index (χ0v) is 17.8. The van der Waals surface area contributed by atoms with Gasteiger partial charge in [-0.15, -0.1) is 0 Å². The predicted octanol–water partition coefficient (Wildman–Crippen LogP) is 3.69. The largest absolute Gasteiger partial charge is 0.486 e. The van der Waals surface area contributed by atoms with Crippen molar-refractivity contribution in [2.24, 2.45) is 0 Å². The van der Waals surface area contributed by atoms with Gasteiger partial charge in [-0.3, -0.25) is 29.4 Å². The second-order valence-corrected chi connectivity index (χ2v) is 8.04. The number of ether oxygens (including phenoxy) is 2. The molecule has 1 fully saturated rings. The van der Waals surface area contributed by atoms with Gasteiger partial charge >= 0.3 is 0 Å². The molecule has 1 N–H and O–H groups in total. The quantitative estimate of drug-likeness (QED) is 0.394. The number of hydrogen-bond acceptors (Lipinski definition) is 8. The van der Waals surface area contributed by atoms with Gasteiger partial charge in [-0.1, -0.05) is 17.7 Å². The lowest BCUT2D eigenvalue weighted by Gasteiger charge is -2.19. The first kappa shape index (κ1) is 21.7. The fourth-order valence-corrected chi connectivity index (χ4v) is 4.04. The summed E-state index contributed by atoms with van der Waals surface area (Å²) in [4.78, 5) is 48.5. The van der Waals surface area contributed by atoms with Gasteiger partial charge in [-0.2, -0.15) is 0 Å². The van der Waals surface area contributed by atoms with E-state index in [-0.39, 0.29) is 15.6 Å². The molecule has 32 heavy (non-hydrogen) atoms. The first-order chi connectivity index (χ1) is 15.3. The van der Waals surface area contributed by atoms with Gasteiger partial charge in [0.15, 0.2) is 11.5 Å². The molecule has 10 nitrogen and oxygen atoms in total. The highest BCUT2D eigenvalue weighted by Crippen LogP contribution is 2.35. The van der Waals surface area contributed by atoms with Crippen LogP contribution in [0.2, 0.25) is 5.02 Å². The number of anilines is 1. The van der Waals surface area contributed by atoms with Crippen LogP contribution in [-0.4, -0.2) is 46.6 Å². The van der Waals surface area contributed by atoms with Crippen LogP contribution in [0.15, 0.2) is 41.3 Å². The van der Waals surface area contributed by atoms with E-state index in [1.54, 1.807) is 18.2 Å². The Labute approximate surface area is 190 Å². The molecule has 2 aliphatic rings. The number of carbonyl (C=O) groups is 3. The molecule has 3 amide bonds. The number of nitrogens with zero attached hydrogens (tertiary/aromatic N) is 2. The van der Waals surface area contributed by atoms with Crippen molar-refractivity contribution < 1.29 is 28.8 Å². The molecule has 0 atom stereocenters. The van der Waals surface area contributed by atoms with Crippen molar-refractivity contribution in [1.29, 1.82) is 0 Å². The molecule has 1 saturated heterocycles. The molecule has 2 aliphatic heterocycles. The first-order valence-electron chi connectivity index (χ1n) is 9.20. The maximum Gasteiger partial charge on any atom is 0.294 e. The second kappa shape index (κ2) is 8.89. The molecule has 0 radical (unpaired) electrons. The Morgan fingerprint density at radius 1 is 1.19 bits per heavy atom. The van der Waals surface area contributed by atoms with Gasteiger partial charge in [-0.05, 0) is 41.6 Å². The van der Waals surface area contributed by atoms with Gasteiger partial charge in [0.25, 0.3) is 16.8 Å². The number of thioether (sulfide) groups is 1. The minimum absolute atomic E-state index is 0.0405. The minimum Gasteiger partial charge on any atom is -0.486 e. The summed E-state index contributed by atoms with van der Waals surface area (Å²) in [6.45, 7) is 0.344. The van der Waals surface area contributed by atoms with Crippen molar-refractivity contribution in [2.45, 2.75) is 0 Å². The number of nitro groups is 1. The third kappa shape index (κ3) is 4.53. The second-order valence-electron chi connectivity index (χ2n) is 6.64. The number of nitrogens with one attached hydrogen (secondary N) is 1. The van der Waals surface area contributed by atoms with E-state index in [4.69, 9.17) is 21.1 Å². The molecule has 0 unspecified atom stereocenters. The van der Waals surface area contributed by atoms with Crippen molar-refractivity contribution in [3.05, 3.63) is 62.0 Å². The minimum atomic E-state index is -0.671. The predicted molar refractivity (Wildman–Crippen MR) is 117 cm³/mol. The number of amides is 3. The van der Waals surface area contributed by atoms with Crippen molar-refractivity contribution >= 4 is 57.9 Å². The molecule has 12 heteroatoms. The summed E-state index contributed by atoms with van der Waals surface area (Å²) in [7, 11) is 0. The Bertz CT molecular complexity index is 1180. The molecule has 0 aliphatic carbocycles. The van der Waals surface area contributed by atoms with Crippen LogP contribution >= 0.6 is 23.4 Å². The summed E-state index contributed by atoms with van der Waals surface area (Å²) in [6.07, 6.45) is 1.34. The van der Waals surface area contributed by atoms with Gasteiger partial charge in [-0.25, -0.2) is 0 Å². The van der Waals surface area contributed by atoms with Crippen molar-refractivity contribution in [3.63, 3.8) is 0 Å². The third-order valence-electron chi connectivity index (χ3n) is 4.47. The summed E-state index contributed by atoms with van der Waals surface area (Å²) in [5, 5.41) is 13.0. The fourth-order valence-electron chi connectivity index (χ4n) is 3.01. The van der Waals surface area contributed by atoms with Gasteiger partial charge in [0.1, 0.15) is 24.8 Å².